The van der Waals surface area contributed by atoms with Crippen molar-refractivity contribution in [2.24, 2.45) is 5.73 Å². The third kappa shape index (κ3) is 2.60. The molecule has 0 saturated heterocycles. The lowest BCUT2D eigenvalue weighted by Crippen LogP contribution is -2.05. The molecule has 0 aliphatic carbocycles. The molecule has 0 atom stereocenters. The minimum absolute atomic E-state index is 0.463. The minimum Gasteiger partial charge on any atom is -0.366 e. The van der Waals surface area contributed by atoms with Gasteiger partial charge < -0.3 is 10.3 Å². The van der Waals surface area contributed by atoms with Crippen molar-refractivity contribution in [1.29, 1.82) is 0 Å². The fourth-order valence-corrected chi connectivity index (χ4v) is 1.57. The maximum atomic E-state index is 10.7. The Balaban J connectivity index is 2.40. The summed E-state index contributed by atoms with van der Waals surface area (Å²) in [5.74, 6) is 0.356. The number of primary amides is 1. The first-order valence-corrected chi connectivity index (χ1v) is 5.26. The number of pyridine rings is 1. The molecule has 2 heterocycles. The van der Waals surface area contributed by atoms with Crippen molar-refractivity contribution in [3.8, 4) is 5.82 Å². The van der Waals surface area contributed by atoms with Crippen molar-refractivity contribution >= 4 is 12.0 Å². The van der Waals surface area contributed by atoms with Crippen LogP contribution >= 0.6 is 0 Å². The van der Waals surface area contributed by atoms with Gasteiger partial charge in [0, 0.05) is 23.7 Å². The summed E-state index contributed by atoms with van der Waals surface area (Å²) in [6.07, 6.45) is 4.90. The Morgan fingerprint density at radius 2 is 2.18 bits per heavy atom. The van der Waals surface area contributed by atoms with Crippen molar-refractivity contribution in [2.75, 3.05) is 0 Å². The van der Waals surface area contributed by atoms with Gasteiger partial charge >= 0.3 is 0 Å². The van der Waals surface area contributed by atoms with E-state index in [1.807, 2.05) is 48.0 Å². The average Bonchev–Trinajstić information content (AvgIpc) is 2.74. The Kier molecular flexibility index (Phi) is 3.05. The Morgan fingerprint density at radius 3 is 2.88 bits per heavy atom. The number of amides is 1. The van der Waals surface area contributed by atoms with E-state index in [2.05, 4.69) is 4.98 Å². The van der Waals surface area contributed by atoms with Gasteiger partial charge in [-0.1, -0.05) is 6.07 Å². The summed E-state index contributed by atoms with van der Waals surface area (Å²) < 4.78 is 1.90. The minimum atomic E-state index is -0.463. The van der Waals surface area contributed by atoms with Gasteiger partial charge in [-0.2, -0.15) is 0 Å². The van der Waals surface area contributed by atoms with Gasteiger partial charge in [0.05, 0.1) is 0 Å². The van der Waals surface area contributed by atoms with Crippen molar-refractivity contribution < 1.29 is 4.79 Å². The third-order valence-electron chi connectivity index (χ3n) is 2.32. The third-order valence-corrected chi connectivity index (χ3v) is 2.32. The zero-order valence-electron chi connectivity index (χ0n) is 9.50. The Morgan fingerprint density at radius 1 is 1.35 bits per heavy atom. The lowest BCUT2D eigenvalue weighted by molar-refractivity contribution is -0.113. The highest BCUT2D eigenvalue weighted by atomic mass is 16.1. The Bertz CT molecular complexity index is 570. The Labute approximate surface area is 99.4 Å². The topological polar surface area (TPSA) is 60.9 Å². The smallest absolute Gasteiger partial charge is 0.241 e. The molecule has 0 spiro atoms. The van der Waals surface area contributed by atoms with Gasteiger partial charge in [0.15, 0.2) is 0 Å². The van der Waals surface area contributed by atoms with Crippen LogP contribution in [0.5, 0.6) is 0 Å². The summed E-state index contributed by atoms with van der Waals surface area (Å²) in [6, 6.07) is 9.58. The van der Waals surface area contributed by atoms with E-state index in [9.17, 15) is 4.79 Å². The van der Waals surface area contributed by atoms with Gasteiger partial charge in [0.1, 0.15) is 5.82 Å². The Hall–Kier alpha value is -2.36. The van der Waals surface area contributed by atoms with E-state index in [1.54, 1.807) is 6.08 Å². The lowest BCUT2D eigenvalue weighted by atomic mass is 10.3. The number of aromatic nitrogens is 2. The van der Waals surface area contributed by atoms with E-state index < -0.39 is 5.91 Å². The molecule has 86 valence electrons. The van der Waals surface area contributed by atoms with E-state index in [-0.39, 0.29) is 0 Å². The predicted octanol–water partition coefficient (Wildman–Crippen LogP) is 1.68. The molecule has 0 aliphatic heterocycles. The molecule has 2 aromatic heterocycles. The van der Waals surface area contributed by atoms with Crippen LogP contribution in [0.15, 0.2) is 42.6 Å². The predicted molar refractivity (Wildman–Crippen MR) is 66.5 cm³/mol. The molecule has 0 unspecified atom stereocenters. The number of nitrogens with zero attached hydrogens (tertiary/aromatic N) is 2. The van der Waals surface area contributed by atoms with E-state index in [0.29, 0.717) is 0 Å². The molecular formula is C13H13N3O. The normalized spacial score (nSPS) is 10.9. The van der Waals surface area contributed by atoms with Crippen LogP contribution in [0.1, 0.15) is 11.4 Å². The van der Waals surface area contributed by atoms with Crippen LogP contribution in [0.25, 0.3) is 11.9 Å². The van der Waals surface area contributed by atoms with Gasteiger partial charge in [-0.05, 0) is 37.3 Å². The van der Waals surface area contributed by atoms with Crippen LogP contribution in [0.4, 0.5) is 0 Å². The van der Waals surface area contributed by atoms with Gasteiger partial charge in [0.25, 0.3) is 0 Å². The van der Waals surface area contributed by atoms with Gasteiger partial charge in [-0.15, -0.1) is 0 Å². The van der Waals surface area contributed by atoms with Gasteiger partial charge in [0.2, 0.25) is 5.91 Å². The number of hydrogen-bond acceptors (Lipinski definition) is 2. The van der Waals surface area contributed by atoms with Gasteiger partial charge in [-0.3, -0.25) is 4.79 Å². The highest BCUT2D eigenvalue weighted by molar-refractivity contribution is 5.90. The molecule has 0 radical (unpaired) electrons. The first-order valence-electron chi connectivity index (χ1n) is 5.26. The molecule has 0 bridgehead atoms. The summed E-state index contributed by atoms with van der Waals surface area (Å²) in [6.45, 7) is 1.94. The lowest BCUT2D eigenvalue weighted by Gasteiger charge is -2.05. The number of aryl methyl sites for hydroxylation is 1. The summed E-state index contributed by atoms with van der Waals surface area (Å²) >= 11 is 0. The van der Waals surface area contributed by atoms with Crippen LogP contribution in [0.2, 0.25) is 0 Å². The molecule has 4 nitrogen and oxygen atoms in total. The second-order valence-corrected chi connectivity index (χ2v) is 3.68. The monoisotopic (exact) mass is 227 g/mol. The second kappa shape index (κ2) is 4.65. The summed E-state index contributed by atoms with van der Waals surface area (Å²) in [5.41, 5.74) is 6.88. The number of nitrogens with two attached hydrogens (primary N) is 1. The number of carbonyl (C=O) groups is 1. The number of rotatable bonds is 3. The van der Waals surface area contributed by atoms with Crippen LogP contribution in [0.3, 0.4) is 0 Å². The largest absolute Gasteiger partial charge is 0.366 e. The van der Waals surface area contributed by atoms with Crippen LogP contribution in [0, 0.1) is 6.92 Å². The quantitative estimate of drug-likeness (QED) is 0.811. The maximum Gasteiger partial charge on any atom is 0.241 e. The maximum absolute atomic E-state index is 10.7. The highest BCUT2D eigenvalue weighted by Crippen LogP contribution is 2.12. The first kappa shape index (κ1) is 11.1. The van der Waals surface area contributed by atoms with Crippen LogP contribution < -0.4 is 5.73 Å². The molecular weight excluding hydrogens is 214 g/mol. The SMILES string of the molecule is Cc1cccc(-n2cccc2/C=C\C(N)=O)n1. The first-order chi connectivity index (χ1) is 8.16. The van der Waals surface area contributed by atoms with E-state index in [1.165, 1.54) is 6.08 Å². The van der Waals surface area contributed by atoms with Crippen molar-refractivity contribution in [3.63, 3.8) is 0 Å². The fourth-order valence-electron chi connectivity index (χ4n) is 1.57. The second-order valence-electron chi connectivity index (χ2n) is 3.68. The summed E-state index contributed by atoms with van der Waals surface area (Å²) in [7, 11) is 0. The van der Waals surface area contributed by atoms with Crippen LogP contribution in [-0.4, -0.2) is 15.5 Å². The zero-order valence-corrected chi connectivity index (χ0v) is 9.50. The standard InChI is InChI=1S/C13H13N3O/c1-10-4-2-6-13(15-10)16-9-3-5-11(16)7-8-12(14)17/h2-9H,1H3,(H2,14,17)/b8-7-. The van der Waals surface area contributed by atoms with Gasteiger partial charge in [-0.25, -0.2) is 4.98 Å². The molecule has 0 saturated carbocycles. The van der Waals surface area contributed by atoms with E-state index in [4.69, 9.17) is 5.73 Å². The fraction of sp³-hybridized carbons (Fsp3) is 0.0769. The zero-order chi connectivity index (χ0) is 12.3. The molecule has 17 heavy (non-hydrogen) atoms. The molecule has 2 aromatic rings. The van der Waals surface area contributed by atoms with Crippen molar-refractivity contribution in [1.82, 2.24) is 9.55 Å². The molecule has 4 heteroatoms. The molecule has 0 fully saturated rings. The molecule has 1 amide bonds. The highest BCUT2D eigenvalue weighted by Gasteiger charge is 2.01. The molecule has 0 aliphatic rings. The molecule has 2 rings (SSSR count). The average molecular weight is 227 g/mol. The van der Waals surface area contributed by atoms with E-state index in [0.717, 1.165) is 17.2 Å². The number of hydrogen-bond donors (Lipinski definition) is 1. The summed E-state index contributed by atoms with van der Waals surface area (Å²) in [4.78, 5) is 15.1. The van der Waals surface area contributed by atoms with Crippen molar-refractivity contribution in [2.45, 2.75) is 6.92 Å². The van der Waals surface area contributed by atoms with E-state index >= 15 is 0 Å². The van der Waals surface area contributed by atoms with Crippen molar-refractivity contribution in [3.05, 3.63) is 54.0 Å². The summed E-state index contributed by atoms with van der Waals surface area (Å²) in [5, 5.41) is 0. The molecule has 0 aromatic carbocycles. The number of carbonyl (C=O) groups excluding carboxylic acids is 1. The molecule has 2 N–H and O–H groups in total. The van der Waals surface area contributed by atoms with Crippen LogP contribution in [-0.2, 0) is 4.79 Å².